The van der Waals surface area contributed by atoms with Crippen molar-refractivity contribution in [1.82, 2.24) is 0 Å². The third-order valence-corrected chi connectivity index (χ3v) is 3.30. The molecule has 0 radical (unpaired) electrons. The topological polar surface area (TPSA) is 20.2 Å². The van der Waals surface area contributed by atoms with Gasteiger partial charge in [-0.3, -0.25) is 0 Å². The average Bonchev–Trinajstić information content (AvgIpc) is 2.91. The smallest absolute Gasteiger partial charge is 0.0829 e. The first-order chi connectivity index (χ1) is 6.18. The van der Waals surface area contributed by atoms with Crippen molar-refractivity contribution in [2.45, 2.75) is 18.9 Å². The van der Waals surface area contributed by atoms with Gasteiger partial charge in [0.05, 0.1) is 6.10 Å². The lowest BCUT2D eigenvalue weighted by Crippen LogP contribution is -2.00. The van der Waals surface area contributed by atoms with Gasteiger partial charge in [0, 0.05) is 9.50 Å². The van der Waals surface area contributed by atoms with E-state index in [1.807, 2.05) is 18.2 Å². The molecule has 0 aliphatic heterocycles. The Kier molecular flexibility index (Phi) is 2.63. The van der Waals surface area contributed by atoms with Gasteiger partial charge in [-0.1, -0.05) is 27.5 Å². The maximum absolute atomic E-state index is 9.88. The van der Waals surface area contributed by atoms with Crippen LogP contribution in [0.3, 0.4) is 0 Å². The zero-order valence-corrected chi connectivity index (χ0v) is 9.35. The maximum Gasteiger partial charge on any atom is 0.0829 e. The fourth-order valence-electron chi connectivity index (χ4n) is 1.41. The van der Waals surface area contributed by atoms with E-state index in [9.17, 15) is 5.11 Å². The first-order valence-corrected chi connectivity index (χ1v) is 5.48. The number of halogens is 2. The zero-order chi connectivity index (χ0) is 9.42. The molecule has 1 fully saturated rings. The van der Waals surface area contributed by atoms with E-state index >= 15 is 0 Å². The van der Waals surface area contributed by atoms with E-state index < -0.39 is 0 Å². The highest BCUT2D eigenvalue weighted by Gasteiger charge is 2.31. The Morgan fingerprint density at radius 3 is 2.77 bits per heavy atom. The Bertz CT molecular complexity index is 323. The largest absolute Gasteiger partial charge is 0.388 e. The van der Waals surface area contributed by atoms with Crippen LogP contribution in [0.5, 0.6) is 0 Å². The normalized spacial score (nSPS) is 18.7. The monoisotopic (exact) mass is 260 g/mol. The molecule has 1 aliphatic rings. The van der Waals surface area contributed by atoms with E-state index in [-0.39, 0.29) is 6.10 Å². The minimum atomic E-state index is -0.354. The summed E-state index contributed by atoms with van der Waals surface area (Å²) in [5.74, 6) is 0.440. The number of rotatable bonds is 2. The van der Waals surface area contributed by atoms with Gasteiger partial charge in [-0.25, -0.2) is 0 Å². The van der Waals surface area contributed by atoms with E-state index in [4.69, 9.17) is 11.6 Å². The van der Waals surface area contributed by atoms with Crippen LogP contribution in [-0.2, 0) is 0 Å². The minimum Gasteiger partial charge on any atom is -0.388 e. The van der Waals surface area contributed by atoms with Crippen LogP contribution >= 0.6 is 27.5 Å². The van der Waals surface area contributed by atoms with Crippen molar-refractivity contribution in [1.29, 1.82) is 0 Å². The van der Waals surface area contributed by atoms with Crippen molar-refractivity contribution in [3.63, 3.8) is 0 Å². The van der Waals surface area contributed by atoms with Crippen molar-refractivity contribution >= 4 is 27.5 Å². The minimum absolute atomic E-state index is 0.354. The Balaban J connectivity index is 2.31. The summed E-state index contributed by atoms with van der Waals surface area (Å²) in [5.41, 5.74) is 0.912. The second-order valence-electron chi connectivity index (χ2n) is 3.45. The highest BCUT2D eigenvalue weighted by molar-refractivity contribution is 9.10. The van der Waals surface area contributed by atoms with Crippen LogP contribution in [0.4, 0.5) is 0 Å². The SMILES string of the molecule is O[C@H](c1cc(Cl)ccc1Br)C1CC1. The van der Waals surface area contributed by atoms with Gasteiger partial charge in [0.2, 0.25) is 0 Å². The van der Waals surface area contributed by atoms with Crippen LogP contribution in [0.15, 0.2) is 22.7 Å². The van der Waals surface area contributed by atoms with Crippen molar-refractivity contribution in [2.24, 2.45) is 5.92 Å². The molecule has 1 aliphatic carbocycles. The zero-order valence-electron chi connectivity index (χ0n) is 7.00. The van der Waals surface area contributed by atoms with Gasteiger partial charge in [0.15, 0.2) is 0 Å². The van der Waals surface area contributed by atoms with Crippen LogP contribution in [0.1, 0.15) is 24.5 Å². The molecular formula is C10H10BrClO. The lowest BCUT2D eigenvalue weighted by Gasteiger charge is -2.11. The molecule has 0 unspecified atom stereocenters. The van der Waals surface area contributed by atoms with Gasteiger partial charge in [0.25, 0.3) is 0 Å². The Morgan fingerprint density at radius 2 is 2.15 bits per heavy atom. The quantitative estimate of drug-likeness (QED) is 0.863. The third kappa shape index (κ3) is 2.06. The Morgan fingerprint density at radius 1 is 1.46 bits per heavy atom. The second kappa shape index (κ2) is 3.60. The van der Waals surface area contributed by atoms with Gasteiger partial charge in [-0.05, 0) is 42.5 Å². The van der Waals surface area contributed by atoms with Gasteiger partial charge in [-0.2, -0.15) is 0 Å². The summed E-state index contributed by atoms with van der Waals surface area (Å²) in [4.78, 5) is 0. The van der Waals surface area contributed by atoms with Gasteiger partial charge < -0.3 is 5.11 Å². The lowest BCUT2D eigenvalue weighted by atomic mass is 10.1. The van der Waals surface area contributed by atoms with Gasteiger partial charge in [-0.15, -0.1) is 0 Å². The highest BCUT2D eigenvalue weighted by atomic mass is 79.9. The van der Waals surface area contributed by atoms with Crippen molar-refractivity contribution in [3.8, 4) is 0 Å². The first-order valence-electron chi connectivity index (χ1n) is 4.31. The van der Waals surface area contributed by atoms with Gasteiger partial charge in [0.1, 0.15) is 0 Å². The number of hydrogen-bond donors (Lipinski definition) is 1. The van der Waals surface area contributed by atoms with Crippen LogP contribution in [0, 0.1) is 5.92 Å². The fourth-order valence-corrected chi connectivity index (χ4v) is 2.07. The van der Waals surface area contributed by atoms with Crippen LogP contribution in [-0.4, -0.2) is 5.11 Å². The Hall–Kier alpha value is -0.0500. The molecule has 0 amide bonds. The van der Waals surface area contributed by atoms with Crippen LogP contribution in [0.2, 0.25) is 5.02 Å². The molecule has 1 saturated carbocycles. The van der Waals surface area contributed by atoms with E-state index in [1.54, 1.807) is 0 Å². The predicted molar refractivity (Wildman–Crippen MR) is 56.8 cm³/mol. The number of aliphatic hydroxyl groups excluding tert-OH is 1. The molecule has 3 heteroatoms. The third-order valence-electron chi connectivity index (χ3n) is 2.35. The van der Waals surface area contributed by atoms with Gasteiger partial charge >= 0.3 is 0 Å². The summed E-state index contributed by atoms with van der Waals surface area (Å²) in [6.07, 6.45) is 1.90. The predicted octanol–water partition coefficient (Wildman–Crippen LogP) is 3.55. The molecule has 0 aromatic heterocycles. The van der Waals surface area contributed by atoms with E-state index in [2.05, 4.69) is 15.9 Å². The van der Waals surface area contributed by atoms with E-state index in [0.29, 0.717) is 10.9 Å². The fraction of sp³-hybridized carbons (Fsp3) is 0.400. The molecule has 2 rings (SSSR count). The van der Waals surface area contributed by atoms with Crippen molar-refractivity contribution in [3.05, 3.63) is 33.3 Å². The standard InChI is InChI=1S/C10H10BrClO/c11-9-4-3-7(12)5-8(9)10(13)6-1-2-6/h3-6,10,13H,1-2H2/t10-/m0/s1. The molecule has 1 nitrogen and oxygen atoms in total. The summed E-state index contributed by atoms with van der Waals surface area (Å²) in [6.45, 7) is 0. The molecule has 0 bridgehead atoms. The molecule has 13 heavy (non-hydrogen) atoms. The molecule has 1 atom stereocenters. The molecule has 0 heterocycles. The number of hydrogen-bond acceptors (Lipinski definition) is 1. The van der Waals surface area contributed by atoms with Crippen molar-refractivity contribution in [2.75, 3.05) is 0 Å². The first kappa shape index (κ1) is 9.50. The average molecular weight is 262 g/mol. The molecular weight excluding hydrogens is 251 g/mol. The van der Waals surface area contributed by atoms with Crippen molar-refractivity contribution < 1.29 is 5.11 Å². The summed E-state index contributed by atoms with van der Waals surface area (Å²) in [5, 5.41) is 10.6. The molecule has 0 spiro atoms. The molecule has 1 N–H and O–H groups in total. The molecule has 0 saturated heterocycles. The summed E-state index contributed by atoms with van der Waals surface area (Å²) in [6, 6.07) is 5.52. The molecule has 70 valence electrons. The lowest BCUT2D eigenvalue weighted by molar-refractivity contribution is 0.153. The molecule has 1 aromatic rings. The van der Waals surface area contributed by atoms with E-state index in [0.717, 1.165) is 22.9 Å². The summed E-state index contributed by atoms with van der Waals surface area (Å²) < 4.78 is 0.941. The maximum atomic E-state index is 9.88. The second-order valence-corrected chi connectivity index (χ2v) is 4.74. The van der Waals surface area contributed by atoms with E-state index in [1.165, 1.54) is 0 Å². The summed E-state index contributed by atoms with van der Waals surface area (Å²) in [7, 11) is 0. The number of benzene rings is 1. The number of aliphatic hydroxyl groups is 1. The Labute approximate surface area is 90.9 Å². The summed E-state index contributed by atoms with van der Waals surface area (Å²) >= 11 is 9.26. The highest BCUT2D eigenvalue weighted by Crippen LogP contribution is 2.43. The van der Waals surface area contributed by atoms with Crippen LogP contribution in [0.25, 0.3) is 0 Å². The van der Waals surface area contributed by atoms with Crippen LogP contribution < -0.4 is 0 Å². The molecule has 1 aromatic carbocycles.